The fourth-order valence-corrected chi connectivity index (χ4v) is 1.87. The molecule has 0 saturated carbocycles. The Morgan fingerprint density at radius 3 is 2.50 bits per heavy atom. The molecule has 0 fully saturated rings. The van der Waals surface area contributed by atoms with Crippen LogP contribution in [0.2, 0.25) is 0 Å². The highest BCUT2D eigenvalue weighted by molar-refractivity contribution is 7.79. The lowest BCUT2D eigenvalue weighted by Gasteiger charge is -2.10. The lowest BCUT2D eigenvalue weighted by molar-refractivity contribution is -0.136. The van der Waals surface area contributed by atoms with Gasteiger partial charge in [0, 0.05) is 11.3 Å². The van der Waals surface area contributed by atoms with Crippen molar-refractivity contribution >= 4 is 28.4 Å². The van der Waals surface area contributed by atoms with Crippen molar-refractivity contribution in [3.05, 3.63) is 29.5 Å². The first-order chi connectivity index (χ1) is 8.38. The first-order valence-electron chi connectivity index (χ1n) is 4.72. The topological polar surface area (TPSA) is 142 Å². The van der Waals surface area contributed by atoms with E-state index in [2.05, 4.69) is 4.74 Å². The Bertz CT molecular complexity index is 542. The van der Waals surface area contributed by atoms with Crippen molar-refractivity contribution in [3.8, 4) is 0 Å². The number of esters is 1. The van der Waals surface area contributed by atoms with Crippen LogP contribution in [-0.2, 0) is 20.6 Å². The van der Waals surface area contributed by atoms with Crippen LogP contribution in [-0.4, -0.2) is 21.8 Å². The number of ether oxygens (including phenoxy) is 1. The largest absolute Gasteiger partial charge is 0.464 e. The van der Waals surface area contributed by atoms with E-state index in [4.69, 9.17) is 21.8 Å². The summed E-state index contributed by atoms with van der Waals surface area (Å²) >= 11 is -2.30. The summed E-state index contributed by atoms with van der Waals surface area (Å²) in [5, 5.41) is 0. The van der Waals surface area contributed by atoms with Crippen LogP contribution in [0.15, 0.2) is 28.8 Å². The van der Waals surface area contributed by atoms with E-state index >= 15 is 0 Å². The second-order valence-corrected chi connectivity index (χ2v) is 4.26. The zero-order chi connectivity index (χ0) is 13.9. The molecule has 0 aliphatic rings. The van der Waals surface area contributed by atoms with E-state index < -0.39 is 17.0 Å². The van der Waals surface area contributed by atoms with Crippen LogP contribution in [0.25, 0.3) is 5.70 Å². The van der Waals surface area contributed by atoms with Gasteiger partial charge in [-0.1, -0.05) is 0 Å². The average Bonchev–Trinajstić information content (AvgIpc) is 2.35. The van der Waals surface area contributed by atoms with Crippen LogP contribution in [0, 0.1) is 0 Å². The lowest BCUT2D eigenvalue weighted by atomic mass is 10.1. The van der Waals surface area contributed by atoms with Gasteiger partial charge in [0.2, 0.25) is 0 Å². The Kier molecular flexibility index (Phi) is 4.29. The molecule has 0 aliphatic carbocycles. The predicted molar refractivity (Wildman–Crippen MR) is 67.2 cm³/mol. The van der Waals surface area contributed by atoms with E-state index in [-0.39, 0.29) is 21.9 Å². The molecular formula is C10H13N3O4S. The number of hydrogen-bond acceptors (Lipinski definition) is 6. The molecule has 8 heteroatoms. The molecule has 0 radical (unpaired) electrons. The SMILES string of the molecule is COC(=O)/C(N)=C(\N)c1ccc(N)cc1S(=O)O. The molecule has 7 N–H and O–H groups in total. The highest BCUT2D eigenvalue weighted by Gasteiger charge is 2.16. The van der Waals surface area contributed by atoms with Gasteiger partial charge in [-0.05, 0) is 18.2 Å². The second kappa shape index (κ2) is 5.52. The van der Waals surface area contributed by atoms with E-state index in [0.29, 0.717) is 5.69 Å². The number of nitrogens with two attached hydrogens (primary N) is 3. The third kappa shape index (κ3) is 2.79. The summed E-state index contributed by atoms with van der Waals surface area (Å²) in [7, 11) is 1.15. The molecule has 0 bridgehead atoms. The number of carbonyl (C=O) groups excluding carboxylic acids is 1. The van der Waals surface area contributed by atoms with Gasteiger partial charge in [0.05, 0.1) is 17.7 Å². The van der Waals surface area contributed by atoms with E-state index in [1.165, 1.54) is 18.2 Å². The first kappa shape index (κ1) is 14.0. The molecule has 1 aromatic rings. The van der Waals surface area contributed by atoms with Gasteiger partial charge in [0.25, 0.3) is 0 Å². The molecule has 0 aliphatic heterocycles. The molecule has 18 heavy (non-hydrogen) atoms. The number of methoxy groups -OCH3 is 1. The van der Waals surface area contributed by atoms with E-state index in [0.717, 1.165) is 7.11 Å². The summed E-state index contributed by atoms with van der Waals surface area (Å²) in [4.78, 5) is 11.2. The van der Waals surface area contributed by atoms with Crippen molar-refractivity contribution < 1.29 is 18.3 Å². The van der Waals surface area contributed by atoms with Crippen molar-refractivity contribution in [1.82, 2.24) is 0 Å². The average molecular weight is 271 g/mol. The number of anilines is 1. The fraction of sp³-hybridized carbons (Fsp3) is 0.100. The molecule has 0 saturated heterocycles. The quantitative estimate of drug-likeness (QED) is 0.254. The van der Waals surface area contributed by atoms with E-state index in [9.17, 15) is 9.00 Å². The number of benzene rings is 1. The number of carbonyl (C=O) groups is 1. The zero-order valence-corrected chi connectivity index (χ0v) is 10.4. The smallest absolute Gasteiger partial charge is 0.356 e. The lowest BCUT2D eigenvalue weighted by Crippen LogP contribution is -2.19. The van der Waals surface area contributed by atoms with Gasteiger partial charge in [0.1, 0.15) is 5.70 Å². The van der Waals surface area contributed by atoms with Gasteiger partial charge in [-0.3, -0.25) is 0 Å². The predicted octanol–water partition coefficient (Wildman–Crippen LogP) is -0.392. The maximum Gasteiger partial charge on any atom is 0.356 e. The van der Waals surface area contributed by atoms with Gasteiger partial charge >= 0.3 is 5.97 Å². The van der Waals surface area contributed by atoms with Gasteiger partial charge in [-0.25, -0.2) is 9.00 Å². The van der Waals surface area contributed by atoms with Gasteiger partial charge < -0.3 is 26.5 Å². The Morgan fingerprint density at radius 2 is 2.00 bits per heavy atom. The summed E-state index contributed by atoms with van der Waals surface area (Å²) in [6.45, 7) is 0. The van der Waals surface area contributed by atoms with Crippen LogP contribution >= 0.6 is 0 Å². The highest BCUT2D eigenvalue weighted by atomic mass is 32.2. The number of nitrogen functional groups attached to an aromatic ring is 1. The molecule has 1 rings (SSSR count). The fourth-order valence-electron chi connectivity index (χ4n) is 1.27. The van der Waals surface area contributed by atoms with Crippen LogP contribution in [0.3, 0.4) is 0 Å². The Balaban J connectivity index is 3.42. The van der Waals surface area contributed by atoms with Gasteiger partial charge in [0.15, 0.2) is 11.1 Å². The normalized spacial score (nSPS) is 13.7. The molecule has 0 heterocycles. The molecule has 7 nitrogen and oxygen atoms in total. The van der Waals surface area contributed by atoms with Crippen molar-refractivity contribution in [2.75, 3.05) is 12.8 Å². The van der Waals surface area contributed by atoms with Crippen LogP contribution in [0.4, 0.5) is 5.69 Å². The minimum absolute atomic E-state index is 0.0284. The molecular weight excluding hydrogens is 258 g/mol. The first-order valence-corrected chi connectivity index (χ1v) is 5.83. The summed E-state index contributed by atoms with van der Waals surface area (Å²) in [5.74, 6) is -0.820. The number of hydrogen-bond donors (Lipinski definition) is 4. The molecule has 1 unspecified atom stereocenters. The standard InChI is InChI=1S/C10H13N3O4S/c1-17-10(14)9(13)8(12)6-3-2-5(11)4-7(6)18(15)16/h2-4H,11-13H2,1H3,(H,15,16)/b9-8+. The third-order valence-electron chi connectivity index (χ3n) is 2.18. The minimum atomic E-state index is -2.30. The molecule has 1 aromatic carbocycles. The van der Waals surface area contributed by atoms with Gasteiger partial charge in [-0.2, -0.15) is 0 Å². The molecule has 1 atom stereocenters. The van der Waals surface area contributed by atoms with Gasteiger partial charge in [-0.15, -0.1) is 0 Å². The Morgan fingerprint density at radius 1 is 1.39 bits per heavy atom. The summed E-state index contributed by atoms with van der Waals surface area (Å²) in [5.41, 5.74) is 16.6. The Hall–Kier alpha value is -2.06. The van der Waals surface area contributed by atoms with Crippen molar-refractivity contribution in [3.63, 3.8) is 0 Å². The highest BCUT2D eigenvalue weighted by Crippen LogP contribution is 2.22. The van der Waals surface area contributed by atoms with E-state index in [1.807, 2.05) is 0 Å². The maximum absolute atomic E-state index is 11.2. The maximum atomic E-state index is 11.2. The van der Waals surface area contributed by atoms with E-state index in [1.54, 1.807) is 0 Å². The van der Waals surface area contributed by atoms with Crippen LogP contribution in [0.1, 0.15) is 5.56 Å². The summed E-state index contributed by atoms with van der Waals surface area (Å²) < 4.78 is 24.7. The number of rotatable bonds is 3. The van der Waals surface area contributed by atoms with Crippen LogP contribution < -0.4 is 17.2 Å². The molecule has 98 valence electrons. The van der Waals surface area contributed by atoms with Crippen molar-refractivity contribution in [1.29, 1.82) is 0 Å². The molecule has 0 amide bonds. The second-order valence-electron chi connectivity index (χ2n) is 3.32. The molecule has 0 spiro atoms. The van der Waals surface area contributed by atoms with Crippen molar-refractivity contribution in [2.45, 2.75) is 4.90 Å². The summed E-state index contributed by atoms with van der Waals surface area (Å²) in [6, 6.07) is 4.16. The molecule has 0 aromatic heterocycles. The monoisotopic (exact) mass is 271 g/mol. The minimum Gasteiger partial charge on any atom is -0.464 e. The third-order valence-corrected chi connectivity index (χ3v) is 2.89. The summed E-state index contributed by atoms with van der Waals surface area (Å²) in [6.07, 6.45) is 0. The van der Waals surface area contributed by atoms with Crippen LogP contribution in [0.5, 0.6) is 0 Å². The zero-order valence-electron chi connectivity index (χ0n) is 9.54. The Labute approximate surface area is 106 Å². The van der Waals surface area contributed by atoms with Crippen molar-refractivity contribution in [2.24, 2.45) is 11.5 Å².